The first-order valence-electron chi connectivity index (χ1n) is 8.32. The van der Waals surface area contributed by atoms with Gasteiger partial charge in [0.2, 0.25) is 5.91 Å². The molecule has 24 heavy (non-hydrogen) atoms. The third-order valence-corrected chi connectivity index (χ3v) is 4.64. The maximum Gasteiger partial charge on any atom is 0.243 e. The minimum Gasteiger partial charge on any atom is -0.347 e. The fraction of sp³-hybridized carbons (Fsp3) is 0.474. The number of carbonyl (C=O) groups is 1. The number of benzene rings is 1. The number of amides is 1. The van der Waals surface area contributed by atoms with Gasteiger partial charge in [-0.25, -0.2) is 0 Å². The quantitative estimate of drug-likeness (QED) is 0.507. The van der Waals surface area contributed by atoms with Crippen molar-refractivity contribution in [3.63, 3.8) is 0 Å². The number of rotatable bonds is 4. The highest BCUT2D eigenvalue weighted by Gasteiger charge is 2.33. The van der Waals surface area contributed by atoms with Crippen molar-refractivity contribution in [3.05, 3.63) is 29.8 Å². The van der Waals surface area contributed by atoms with Crippen molar-refractivity contribution < 1.29 is 4.79 Å². The molecule has 1 saturated heterocycles. The Labute approximate surface area is 144 Å². The Morgan fingerprint density at radius 3 is 2.92 bits per heavy atom. The van der Waals surface area contributed by atoms with Gasteiger partial charge in [0.25, 0.3) is 0 Å². The van der Waals surface area contributed by atoms with Gasteiger partial charge in [-0.3, -0.25) is 9.79 Å². The van der Waals surface area contributed by atoms with Crippen LogP contribution in [0.15, 0.2) is 29.3 Å². The van der Waals surface area contributed by atoms with E-state index in [0.717, 1.165) is 37.5 Å². The largest absolute Gasteiger partial charge is 0.347 e. The molecule has 1 amide bonds. The molecule has 2 rings (SSSR count). The molecule has 1 fully saturated rings. The summed E-state index contributed by atoms with van der Waals surface area (Å²) in [4.78, 5) is 18.7. The summed E-state index contributed by atoms with van der Waals surface area (Å²) in [5.41, 5.74) is 1.77. The number of carbonyl (C=O) groups excluding carboxylic acids is 1. The summed E-state index contributed by atoms with van der Waals surface area (Å²) in [5.74, 6) is 3.21. The van der Waals surface area contributed by atoms with Crippen LogP contribution in [0.25, 0.3) is 0 Å². The van der Waals surface area contributed by atoms with E-state index in [4.69, 9.17) is 6.42 Å². The summed E-state index contributed by atoms with van der Waals surface area (Å²) in [5, 5.41) is 5.99. The Morgan fingerprint density at radius 2 is 2.29 bits per heavy atom. The lowest BCUT2D eigenvalue weighted by Gasteiger charge is -2.25. The van der Waals surface area contributed by atoms with Crippen LogP contribution in [0, 0.1) is 17.8 Å². The summed E-state index contributed by atoms with van der Waals surface area (Å²) in [6.45, 7) is 6.63. The van der Waals surface area contributed by atoms with E-state index >= 15 is 0 Å². The van der Waals surface area contributed by atoms with Crippen molar-refractivity contribution in [1.29, 1.82) is 0 Å². The lowest BCUT2D eigenvalue weighted by Crippen LogP contribution is -2.43. The zero-order chi connectivity index (χ0) is 17.6. The number of hydrogen-bond donors (Lipinski definition) is 2. The molecular formula is C19H26N4O. The summed E-state index contributed by atoms with van der Waals surface area (Å²) >= 11 is 0. The van der Waals surface area contributed by atoms with E-state index in [1.807, 2.05) is 18.2 Å². The third kappa shape index (κ3) is 4.51. The second-order valence-corrected chi connectivity index (χ2v) is 6.51. The van der Waals surface area contributed by atoms with Gasteiger partial charge >= 0.3 is 0 Å². The smallest absolute Gasteiger partial charge is 0.243 e. The zero-order valence-corrected chi connectivity index (χ0v) is 14.7. The molecule has 0 radical (unpaired) electrons. The first-order chi connectivity index (χ1) is 11.5. The van der Waals surface area contributed by atoms with Crippen LogP contribution in [-0.4, -0.2) is 43.4 Å². The van der Waals surface area contributed by atoms with Crippen LogP contribution in [-0.2, 0) is 4.79 Å². The zero-order valence-electron chi connectivity index (χ0n) is 14.7. The highest BCUT2D eigenvalue weighted by Crippen LogP contribution is 2.32. The minimum absolute atomic E-state index is 0.122. The van der Waals surface area contributed by atoms with Crippen LogP contribution in [0.1, 0.15) is 32.3 Å². The molecule has 0 bridgehead atoms. The average Bonchev–Trinajstić information content (AvgIpc) is 2.98. The Hall–Kier alpha value is -2.48. The van der Waals surface area contributed by atoms with Gasteiger partial charge in [0.1, 0.15) is 0 Å². The lowest BCUT2D eigenvalue weighted by atomic mass is 9.87. The Balaban J connectivity index is 1.87. The monoisotopic (exact) mass is 326 g/mol. The Bertz CT molecular complexity index is 662. The van der Waals surface area contributed by atoms with E-state index < -0.39 is 0 Å². The number of guanidine groups is 1. The molecule has 0 spiro atoms. The van der Waals surface area contributed by atoms with Crippen molar-refractivity contribution in [2.45, 2.75) is 26.7 Å². The number of likely N-dealkylation sites (tertiary alicyclic amines) is 1. The van der Waals surface area contributed by atoms with E-state index in [1.54, 1.807) is 13.1 Å². The molecule has 1 aromatic carbocycles. The van der Waals surface area contributed by atoms with E-state index in [2.05, 4.69) is 40.3 Å². The van der Waals surface area contributed by atoms with Crippen LogP contribution in [0.3, 0.4) is 0 Å². The van der Waals surface area contributed by atoms with Crippen LogP contribution >= 0.6 is 0 Å². The van der Waals surface area contributed by atoms with Gasteiger partial charge in [-0.2, -0.15) is 0 Å². The molecule has 5 heteroatoms. The number of nitrogens with zero attached hydrogens (tertiary/aromatic N) is 2. The predicted octanol–water partition coefficient (Wildman–Crippen LogP) is 2.30. The van der Waals surface area contributed by atoms with Gasteiger partial charge in [0.05, 0.1) is 6.54 Å². The van der Waals surface area contributed by atoms with E-state index in [0.29, 0.717) is 11.1 Å². The molecule has 1 aliphatic rings. The maximum absolute atomic E-state index is 12.1. The maximum atomic E-state index is 12.1. The topological polar surface area (TPSA) is 56.7 Å². The normalized spacial score (nSPS) is 20.6. The summed E-state index contributed by atoms with van der Waals surface area (Å²) < 4.78 is 0. The molecule has 128 valence electrons. The van der Waals surface area contributed by atoms with Crippen molar-refractivity contribution in [2.24, 2.45) is 10.4 Å². The Kier molecular flexibility index (Phi) is 5.86. The van der Waals surface area contributed by atoms with Crippen molar-refractivity contribution in [2.75, 3.05) is 32.0 Å². The molecule has 2 N–H and O–H groups in total. The van der Waals surface area contributed by atoms with Crippen LogP contribution in [0.5, 0.6) is 0 Å². The highest BCUT2D eigenvalue weighted by molar-refractivity contribution is 5.95. The molecular weight excluding hydrogens is 300 g/mol. The molecule has 1 aromatic rings. The summed E-state index contributed by atoms with van der Waals surface area (Å²) in [7, 11) is 1.75. The SMILES string of the molecule is C#Cc1cccc(NC(=O)CNC(=NC)N2CCC(C)(CC)C2)c1. The average molecular weight is 326 g/mol. The molecule has 1 aliphatic heterocycles. The van der Waals surface area contributed by atoms with E-state index in [1.165, 1.54) is 0 Å². The van der Waals surface area contributed by atoms with E-state index in [-0.39, 0.29) is 12.5 Å². The van der Waals surface area contributed by atoms with Crippen LogP contribution in [0.2, 0.25) is 0 Å². The molecule has 1 unspecified atom stereocenters. The number of nitrogens with one attached hydrogen (secondary N) is 2. The first kappa shape index (κ1) is 17.9. The molecule has 1 atom stereocenters. The number of aliphatic imine (C=N–C) groups is 1. The van der Waals surface area contributed by atoms with Crippen molar-refractivity contribution >= 4 is 17.6 Å². The van der Waals surface area contributed by atoms with Gasteiger partial charge in [-0.15, -0.1) is 6.42 Å². The van der Waals surface area contributed by atoms with Gasteiger partial charge < -0.3 is 15.5 Å². The standard InChI is InChI=1S/C19H26N4O/c1-5-15-8-7-9-16(12-15)22-17(24)13-21-18(20-4)23-11-10-19(3,6-2)14-23/h1,7-9,12H,6,10-11,13-14H2,2-4H3,(H,20,21)(H,22,24). The second kappa shape index (κ2) is 7.87. The van der Waals surface area contributed by atoms with Gasteiger partial charge in [0.15, 0.2) is 5.96 Å². The fourth-order valence-electron chi connectivity index (χ4n) is 2.88. The number of hydrogen-bond acceptors (Lipinski definition) is 2. The molecule has 0 aliphatic carbocycles. The summed E-state index contributed by atoms with van der Waals surface area (Å²) in [6, 6.07) is 7.25. The molecule has 0 saturated carbocycles. The second-order valence-electron chi connectivity index (χ2n) is 6.51. The molecule has 5 nitrogen and oxygen atoms in total. The first-order valence-corrected chi connectivity index (χ1v) is 8.32. The number of terminal acetylenes is 1. The van der Waals surface area contributed by atoms with Crippen LogP contribution in [0.4, 0.5) is 5.69 Å². The number of anilines is 1. The van der Waals surface area contributed by atoms with Gasteiger partial charge in [0, 0.05) is 31.4 Å². The minimum atomic E-state index is -0.122. The lowest BCUT2D eigenvalue weighted by molar-refractivity contribution is -0.115. The molecule has 1 heterocycles. The Morgan fingerprint density at radius 1 is 1.50 bits per heavy atom. The fourth-order valence-corrected chi connectivity index (χ4v) is 2.88. The van der Waals surface area contributed by atoms with Crippen LogP contribution < -0.4 is 10.6 Å². The van der Waals surface area contributed by atoms with Crippen molar-refractivity contribution in [1.82, 2.24) is 10.2 Å². The van der Waals surface area contributed by atoms with Gasteiger partial charge in [-0.1, -0.05) is 25.8 Å². The van der Waals surface area contributed by atoms with Gasteiger partial charge in [-0.05, 0) is 36.5 Å². The third-order valence-electron chi connectivity index (χ3n) is 4.64. The highest BCUT2D eigenvalue weighted by atomic mass is 16.1. The predicted molar refractivity (Wildman–Crippen MR) is 99.0 cm³/mol. The van der Waals surface area contributed by atoms with Crippen molar-refractivity contribution in [3.8, 4) is 12.3 Å². The molecule has 0 aromatic heterocycles. The van der Waals surface area contributed by atoms with E-state index in [9.17, 15) is 4.79 Å². The summed E-state index contributed by atoms with van der Waals surface area (Å²) in [6.07, 6.45) is 7.67.